The summed E-state index contributed by atoms with van der Waals surface area (Å²) < 4.78 is 2.27. The Labute approximate surface area is 329 Å². The fourth-order valence-electron chi connectivity index (χ4n) is 8.14. The SMILES string of the molecule is c1ccc(-c2nc(-c3ccccc3)nc(-c3ccc(-c4nc5c6c(ccn5c4-c4ccccc4)C(c4ccc5ccccc5c4)Nc4ccccc4-6)cc3)n2)cc1. The molecule has 268 valence electrons. The molecule has 0 spiro atoms. The van der Waals surface area contributed by atoms with Crippen molar-refractivity contribution in [2.24, 2.45) is 0 Å². The van der Waals surface area contributed by atoms with Crippen LogP contribution in [-0.2, 0) is 0 Å². The van der Waals surface area contributed by atoms with Gasteiger partial charge in [0.05, 0.1) is 17.4 Å². The van der Waals surface area contributed by atoms with Crippen LogP contribution in [0.4, 0.5) is 5.69 Å². The summed E-state index contributed by atoms with van der Waals surface area (Å²) in [7, 11) is 0. The van der Waals surface area contributed by atoms with E-state index < -0.39 is 0 Å². The minimum absolute atomic E-state index is 0.0500. The van der Waals surface area contributed by atoms with Crippen molar-refractivity contribution in [1.29, 1.82) is 0 Å². The summed E-state index contributed by atoms with van der Waals surface area (Å²) >= 11 is 0. The van der Waals surface area contributed by atoms with Crippen molar-refractivity contribution in [3.63, 3.8) is 0 Å². The van der Waals surface area contributed by atoms with Crippen molar-refractivity contribution in [2.75, 3.05) is 5.32 Å². The van der Waals surface area contributed by atoms with Crippen LogP contribution in [0.3, 0.4) is 0 Å². The number of hydrogen-bond donors (Lipinski definition) is 1. The molecule has 10 aromatic rings. The van der Waals surface area contributed by atoms with Gasteiger partial charge < -0.3 is 5.32 Å². The van der Waals surface area contributed by atoms with Gasteiger partial charge in [0.2, 0.25) is 0 Å². The third kappa shape index (κ3) is 5.74. The van der Waals surface area contributed by atoms with Crippen LogP contribution in [-0.4, -0.2) is 24.3 Å². The minimum atomic E-state index is -0.0500. The second-order valence-corrected chi connectivity index (χ2v) is 14.4. The molecule has 1 atom stereocenters. The quantitative estimate of drug-likeness (QED) is 0.184. The maximum absolute atomic E-state index is 5.55. The zero-order chi connectivity index (χ0) is 37.7. The number of benzene rings is 7. The smallest absolute Gasteiger partial charge is 0.164 e. The van der Waals surface area contributed by atoms with Gasteiger partial charge in [-0.15, -0.1) is 0 Å². The van der Waals surface area contributed by atoms with Crippen LogP contribution in [0.15, 0.2) is 194 Å². The van der Waals surface area contributed by atoms with Gasteiger partial charge in [0, 0.05) is 50.8 Å². The second kappa shape index (κ2) is 13.6. The van der Waals surface area contributed by atoms with Crippen LogP contribution in [0.25, 0.3) is 84.2 Å². The molecule has 0 amide bonds. The monoisotopic (exact) mass is 730 g/mol. The molecule has 0 saturated carbocycles. The molecule has 57 heavy (non-hydrogen) atoms. The normalized spacial score (nSPS) is 13.2. The van der Waals surface area contributed by atoms with Gasteiger partial charge in [-0.2, -0.15) is 0 Å². The molecular formula is C51H34N6. The first-order valence-corrected chi connectivity index (χ1v) is 19.2. The summed E-state index contributed by atoms with van der Waals surface area (Å²) in [5.74, 6) is 1.89. The molecule has 0 radical (unpaired) electrons. The van der Waals surface area contributed by atoms with Gasteiger partial charge in [-0.1, -0.05) is 170 Å². The lowest BCUT2D eigenvalue weighted by molar-refractivity contribution is 0.925. The van der Waals surface area contributed by atoms with E-state index >= 15 is 0 Å². The molecule has 6 nitrogen and oxygen atoms in total. The van der Waals surface area contributed by atoms with Gasteiger partial charge in [-0.3, -0.25) is 4.40 Å². The Balaban J connectivity index is 1.07. The van der Waals surface area contributed by atoms with Gasteiger partial charge in [0.15, 0.2) is 17.5 Å². The molecular weight excluding hydrogens is 697 g/mol. The van der Waals surface area contributed by atoms with Crippen LogP contribution < -0.4 is 5.32 Å². The number of rotatable bonds is 6. The Morgan fingerprint density at radius 1 is 0.439 bits per heavy atom. The molecule has 0 fully saturated rings. The molecule has 1 N–H and O–H groups in total. The molecule has 0 aliphatic carbocycles. The Morgan fingerprint density at radius 2 is 0.982 bits per heavy atom. The van der Waals surface area contributed by atoms with E-state index in [1.54, 1.807) is 0 Å². The molecule has 6 heteroatoms. The number of anilines is 1. The number of imidazole rings is 1. The van der Waals surface area contributed by atoms with Crippen molar-refractivity contribution in [3.05, 3.63) is 205 Å². The topological polar surface area (TPSA) is 68.0 Å². The predicted molar refractivity (Wildman–Crippen MR) is 231 cm³/mol. The highest BCUT2D eigenvalue weighted by atomic mass is 15.0. The summed E-state index contributed by atoms with van der Waals surface area (Å²) in [5, 5.41) is 6.33. The summed E-state index contributed by atoms with van der Waals surface area (Å²) in [6, 6.07) is 65.3. The number of nitrogens with one attached hydrogen (secondary N) is 1. The van der Waals surface area contributed by atoms with E-state index in [1.165, 1.54) is 21.9 Å². The lowest BCUT2D eigenvalue weighted by atomic mass is 9.86. The first-order chi connectivity index (χ1) is 28.2. The fourth-order valence-corrected chi connectivity index (χ4v) is 8.14. The summed E-state index contributed by atoms with van der Waals surface area (Å²) in [6.07, 6.45) is 2.19. The first-order valence-electron chi connectivity index (χ1n) is 19.2. The fraction of sp³-hybridized carbons (Fsp3) is 0.0196. The maximum atomic E-state index is 5.55. The number of nitrogens with zero attached hydrogens (tertiary/aromatic N) is 5. The second-order valence-electron chi connectivity index (χ2n) is 14.4. The highest BCUT2D eigenvalue weighted by Gasteiger charge is 2.30. The van der Waals surface area contributed by atoms with Gasteiger partial charge in [0.25, 0.3) is 0 Å². The Kier molecular flexibility index (Phi) is 7.78. The van der Waals surface area contributed by atoms with Crippen molar-refractivity contribution >= 4 is 22.1 Å². The molecule has 0 bridgehead atoms. The van der Waals surface area contributed by atoms with E-state index in [4.69, 9.17) is 19.9 Å². The van der Waals surface area contributed by atoms with E-state index in [2.05, 4.69) is 143 Å². The number of hydrogen-bond acceptors (Lipinski definition) is 5. The largest absolute Gasteiger partial charge is 0.374 e. The average molecular weight is 731 g/mol. The lowest BCUT2D eigenvalue weighted by Crippen LogP contribution is -2.19. The van der Waals surface area contributed by atoms with Crippen LogP contribution in [0.5, 0.6) is 0 Å². The zero-order valence-electron chi connectivity index (χ0n) is 30.8. The number of pyridine rings is 1. The predicted octanol–water partition coefficient (Wildman–Crippen LogP) is 12.2. The Hall–Kier alpha value is -7.70. The molecule has 4 heterocycles. The Morgan fingerprint density at radius 3 is 1.65 bits per heavy atom. The molecule has 11 rings (SSSR count). The third-order valence-electron chi connectivity index (χ3n) is 10.9. The number of aromatic nitrogens is 5. The van der Waals surface area contributed by atoms with Crippen molar-refractivity contribution in [2.45, 2.75) is 6.04 Å². The van der Waals surface area contributed by atoms with Gasteiger partial charge in [0.1, 0.15) is 5.65 Å². The highest BCUT2D eigenvalue weighted by Crippen LogP contribution is 2.47. The molecule has 1 aliphatic rings. The maximum Gasteiger partial charge on any atom is 0.164 e. The molecule has 1 unspecified atom stereocenters. The van der Waals surface area contributed by atoms with Crippen LogP contribution in [0.1, 0.15) is 17.2 Å². The van der Waals surface area contributed by atoms with E-state index in [-0.39, 0.29) is 6.04 Å². The van der Waals surface area contributed by atoms with Crippen molar-refractivity contribution in [3.8, 4) is 67.8 Å². The first kappa shape index (κ1) is 32.7. The van der Waals surface area contributed by atoms with E-state index in [9.17, 15) is 0 Å². The van der Waals surface area contributed by atoms with E-state index in [0.717, 1.165) is 61.7 Å². The lowest BCUT2D eigenvalue weighted by Gasteiger charge is -2.30. The van der Waals surface area contributed by atoms with Crippen molar-refractivity contribution < 1.29 is 0 Å². The number of fused-ring (bicyclic) bond motifs is 6. The summed E-state index contributed by atoms with van der Waals surface area (Å²) in [5.41, 5.74) is 13.5. The minimum Gasteiger partial charge on any atom is -0.374 e. The van der Waals surface area contributed by atoms with Gasteiger partial charge in [-0.25, -0.2) is 19.9 Å². The van der Waals surface area contributed by atoms with Gasteiger partial charge >= 0.3 is 0 Å². The summed E-state index contributed by atoms with van der Waals surface area (Å²) in [6.45, 7) is 0. The van der Waals surface area contributed by atoms with Crippen LogP contribution >= 0.6 is 0 Å². The third-order valence-corrected chi connectivity index (χ3v) is 10.9. The number of para-hydroxylation sites is 1. The molecule has 1 aliphatic heterocycles. The van der Waals surface area contributed by atoms with Crippen LogP contribution in [0, 0.1) is 0 Å². The van der Waals surface area contributed by atoms with Crippen molar-refractivity contribution in [1.82, 2.24) is 24.3 Å². The van der Waals surface area contributed by atoms with E-state index in [0.29, 0.717) is 17.5 Å². The van der Waals surface area contributed by atoms with Crippen LogP contribution in [0.2, 0.25) is 0 Å². The van der Waals surface area contributed by atoms with Gasteiger partial charge in [-0.05, 0) is 40.1 Å². The summed E-state index contributed by atoms with van der Waals surface area (Å²) in [4.78, 5) is 20.4. The molecule has 7 aromatic carbocycles. The zero-order valence-corrected chi connectivity index (χ0v) is 30.8. The average Bonchev–Trinajstić information content (AvgIpc) is 3.69. The van der Waals surface area contributed by atoms with E-state index in [1.807, 2.05) is 60.7 Å². The standard InChI is InChI=1S/C51H34N6/c1-4-15-35(16-5-1)47-46(34-25-27-38(28-26-34)50-55-48(36-17-6-2-7-18-36)54-49(56-50)37-19-8-3-9-20-37)53-51-44-41-22-12-13-23-43(41)52-45(42(44)30-31-57(47)51)40-29-24-33-14-10-11-21-39(33)32-40/h1-32,45,52H. The Bertz CT molecular complexity index is 3030. The molecule has 0 saturated heterocycles. The highest BCUT2D eigenvalue weighted by molar-refractivity contribution is 5.96. The molecule has 3 aromatic heterocycles.